The SMILES string of the molecule is O=C1Nc2ccccc2[C@@]12Nc1cc(Cl)ccc1S2. The van der Waals surface area contributed by atoms with Crippen LogP contribution in [0.5, 0.6) is 0 Å². The third kappa shape index (κ3) is 1.44. The van der Waals surface area contributed by atoms with Crippen LogP contribution in [-0.4, -0.2) is 5.91 Å². The highest BCUT2D eigenvalue weighted by Gasteiger charge is 2.51. The van der Waals surface area contributed by atoms with Crippen molar-refractivity contribution in [1.29, 1.82) is 0 Å². The normalized spacial score (nSPS) is 22.9. The average molecular weight is 289 g/mol. The van der Waals surface area contributed by atoms with E-state index in [1.54, 1.807) is 0 Å². The third-order valence-electron chi connectivity index (χ3n) is 3.39. The monoisotopic (exact) mass is 288 g/mol. The molecule has 0 radical (unpaired) electrons. The zero-order valence-electron chi connectivity index (χ0n) is 9.74. The predicted octanol–water partition coefficient (Wildman–Crippen LogP) is 3.66. The summed E-state index contributed by atoms with van der Waals surface area (Å²) in [4.78, 5) is 12.7. The Morgan fingerprint density at radius 3 is 2.84 bits per heavy atom. The lowest BCUT2D eigenvalue weighted by atomic mass is 10.1. The van der Waals surface area contributed by atoms with Crippen LogP contribution in [0.25, 0.3) is 0 Å². The second-order valence-corrected chi connectivity index (χ2v) is 6.24. The number of para-hydroxylation sites is 1. The average Bonchev–Trinajstić information content (AvgIpc) is 2.90. The zero-order chi connectivity index (χ0) is 13.0. The summed E-state index contributed by atoms with van der Waals surface area (Å²) in [7, 11) is 0. The summed E-state index contributed by atoms with van der Waals surface area (Å²) in [5.74, 6) is -0.0361. The highest BCUT2D eigenvalue weighted by atomic mass is 35.5. The third-order valence-corrected chi connectivity index (χ3v) is 5.01. The molecule has 0 unspecified atom stereocenters. The Morgan fingerprint density at radius 1 is 1.11 bits per heavy atom. The molecule has 1 amide bonds. The van der Waals surface area contributed by atoms with Gasteiger partial charge in [-0.3, -0.25) is 4.79 Å². The lowest BCUT2D eigenvalue weighted by Gasteiger charge is -2.21. The standard InChI is InChI=1S/C14H9ClN2OS/c15-8-5-6-12-11(7-8)17-14(19-12)9-3-1-2-4-10(9)16-13(14)18/h1-7,17H,(H,16,18)/t14-/m0/s1. The largest absolute Gasteiger partial charge is 0.358 e. The molecule has 2 heterocycles. The zero-order valence-corrected chi connectivity index (χ0v) is 11.3. The van der Waals surface area contributed by atoms with E-state index >= 15 is 0 Å². The molecule has 0 saturated heterocycles. The summed E-state index contributed by atoms with van der Waals surface area (Å²) < 4.78 is 0. The first-order valence-corrected chi connectivity index (χ1v) is 7.06. The number of carbonyl (C=O) groups is 1. The summed E-state index contributed by atoms with van der Waals surface area (Å²) in [5.41, 5.74) is 2.74. The van der Waals surface area contributed by atoms with E-state index in [4.69, 9.17) is 11.6 Å². The molecule has 0 aliphatic carbocycles. The van der Waals surface area contributed by atoms with Gasteiger partial charge in [-0.25, -0.2) is 0 Å². The van der Waals surface area contributed by atoms with Crippen LogP contribution in [0.15, 0.2) is 47.4 Å². The van der Waals surface area contributed by atoms with Gasteiger partial charge in [0.25, 0.3) is 5.91 Å². The molecule has 2 N–H and O–H groups in total. The van der Waals surface area contributed by atoms with Gasteiger partial charge in [0.2, 0.25) is 0 Å². The van der Waals surface area contributed by atoms with E-state index in [9.17, 15) is 4.79 Å². The molecule has 2 aromatic rings. The van der Waals surface area contributed by atoms with Gasteiger partial charge in [0, 0.05) is 21.2 Å². The van der Waals surface area contributed by atoms with Crippen molar-refractivity contribution in [3.05, 3.63) is 53.1 Å². The van der Waals surface area contributed by atoms with Gasteiger partial charge in [0.05, 0.1) is 5.69 Å². The van der Waals surface area contributed by atoms with Gasteiger partial charge >= 0.3 is 0 Å². The fourth-order valence-electron chi connectivity index (χ4n) is 2.53. The molecule has 0 aromatic heterocycles. The predicted molar refractivity (Wildman–Crippen MR) is 77.7 cm³/mol. The van der Waals surface area contributed by atoms with E-state index in [0.29, 0.717) is 5.02 Å². The minimum absolute atomic E-state index is 0.0361. The molecule has 2 aliphatic heterocycles. The van der Waals surface area contributed by atoms with Crippen LogP contribution >= 0.6 is 23.4 Å². The molecule has 94 valence electrons. The summed E-state index contributed by atoms with van der Waals surface area (Å²) in [6.45, 7) is 0. The Labute approximate surface area is 119 Å². The van der Waals surface area contributed by atoms with Gasteiger partial charge in [-0.2, -0.15) is 0 Å². The number of amides is 1. The van der Waals surface area contributed by atoms with Gasteiger partial charge in [-0.1, -0.05) is 41.6 Å². The Balaban J connectivity index is 1.88. The van der Waals surface area contributed by atoms with E-state index in [0.717, 1.165) is 21.8 Å². The van der Waals surface area contributed by atoms with Gasteiger partial charge < -0.3 is 10.6 Å². The smallest absolute Gasteiger partial charge is 0.265 e. The van der Waals surface area contributed by atoms with E-state index in [1.807, 2.05) is 42.5 Å². The van der Waals surface area contributed by atoms with Crippen molar-refractivity contribution in [2.45, 2.75) is 9.77 Å². The minimum atomic E-state index is -0.760. The number of carbonyl (C=O) groups excluding carboxylic acids is 1. The van der Waals surface area contributed by atoms with Crippen molar-refractivity contribution in [2.24, 2.45) is 0 Å². The Hall–Kier alpha value is -1.65. The van der Waals surface area contributed by atoms with Crippen molar-refractivity contribution in [3.63, 3.8) is 0 Å². The number of nitrogens with one attached hydrogen (secondary N) is 2. The Kier molecular flexibility index (Phi) is 2.17. The maximum Gasteiger partial charge on any atom is 0.265 e. The van der Waals surface area contributed by atoms with Crippen LogP contribution in [-0.2, 0) is 9.67 Å². The summed E-state index contributed by atoms with van der Waals surface area (Å²) >= 11 is 7.53. The minimum Gasteiger partial charge on any atom is -0.358 e. The van der Waals surface area contributed by atoms with Crippen LogP contribution in [0.3, 0.4) is 0 Å². The van der Waals surface area contributed by atoms with Crippen LogP contribution in [0.4, 0.5) is 11.4 Å². The van der Waals surface area contributed by atoms with Gasteiger partial charge in [-0.05, 0) is 24.3 Å². The van der Waals surface area contributed by atoms with Gasteiger partial charge in [-0.15, -0.1) is 0 Å². The second kappa shape index (κ2) is 3.68. The number of benzene rings is 2. The topological polar surface area (TPSA) is 41.1 Å². The van der Waals surface area contributed by atoms with Gasteiger partial charge in [0.1, 0.15) is 0 Å². The molecule has 0 fully saturated rings. The van der Waals surface area contributed by atoms with E-state index in [2.05, 4.69) is 10.6 Å². The maximum atomic E-state index is 12.4. The van der Waals surface area contributed by atoms with Crippen LogP contribution in [0, 0.1) is 0 Å². The molecule has 2 aromatic carbocycles. The maximum absolute atomic E-state index is 12.4. The molecule has 0 saturated carbocycles. The first-order chi connectivity index (χ1) is 9.19. The summed E-state index contributed by atoms with van der Waals surface area (Å²) in [5, 5.41) is 6.91. The summed E-state index contributed by atoms with van der Waals surface area (Å²) in [6, 6.07) is 13.4. The number of fused-ring (bicyclic) bond motifs is 3. The van der Waals surface area contributed by atoms with Crippen molar-refractivity contribution < 1.29 is 4.79 Å². The van der Waals surface area contributed by atoms with Crippen molar-refractivity contribution in [2.75, 3.05) is 10.6 Å². The molecule has 3 nitrogen and oxygen atoms in total. The fraction of sp³-hybridized carbons (Fsp3) is 0.0714. The molecular formula is C14H9ClN2OS. The number of anilines is 2. The van der Waals surface area contributed by atoms with Crippen molar-refractivity contribution in [1.82, 2.24) is 0 Å². The molecule has 5 heteroatoms. The molecule has 1 spiro atoms. The number of thioether (sulfide) groups is 1. The van der Waals surface area contributed by atoms with Crippen LogP contribution in [0.2, 0.25) is 5.02 Å². The molecule has 0 bridgehead atoms. The van der Waals surface area contributed by atoms with Crippen LogP contribution < -0.4 is 10.6 Å². The lowest BCUT2D eigenvalue weighted by molar-refractivity contribution is -0.117. The fourth-order valence-corrected chi connectivity index (χ4v) is 3.98. The second-order valence-electron chi connectivity index (χ2n) is 4.55. The van der Waals surface area contributed by atoms with Crippen molar-refractivity contribution in [3.8, 4) is 0 Å². The van der Waals surface area contributed by atoms with E-state index in [-0.39, 0.29) is 5.91 Å². The van der Waals surface area contributed by atoms with E-state index < -0.39 is 4.87 Å². The number of rotatable bonds is 0. The number of hydrogen-bond donors (Lipinski definition) is 2. The number of halogens is 1. The van der Waals surface area contributed by atoms with Crippen molar-refractivity contribution >= 4 is 40.6 Å². The molecule has 2 aliphatic rings. The molecule has 19 heavy (non-hydrogen) atoms. The Morgan fingerprint density at radius 2 is 1.95 bits per heavy atom. The van der Waals surface area contributed by atoms with Crippen LogP contribution in [0.1, 0.15) is 5.56 Å². The molecule has 1 atom stereocenters. The lowest BCUT2D eigenvalue weighted by Crippen LogP contribution is -2.35. The van der Waals surface area contributed by atoms with E-state index in [1.165, 1.54) is 11.8 Å². The van der Waals surface area contributed by atoms with Gasteiger partial charge in [0.15, 0.2) is 4.87 Å². The first-order valence-electron chi connectivity index (χ1n) is 5.87. The highest BCUT2D eigenvalue weighted by Crippen LogP contribution is 2.55. The molecule has 4 rings (SSSR count). The first kappa shape index (κ1) is 11.2. The quantitative estimate of drug-likeness (QED) is 0.777. The molecular weight excluding hydrogens is 280 g/mol. The summed E-state index contributed by atoms with van der Waals surface area (Å²) in [6.07, 6.45) is 0. The highest BCUT2D eigenvalue weighted by molar-refractivity contribution is 8.01. The number of hydrogen-bond acceptors (Lipinski definition) is 3. The Bertz CT molecular complexity index is 718.